The summed E-state index contributed by atoms with van der Waals surface area (Å²) in [5.74, 6) is 0.0291. The van der Waals surface area contributed by atoms with E-state index in [4.69, 9.17) is 9.31 Å². The lowest BCUT2D eigenvalue weighted by molar-refractivity contribution is 0.00578. The van der Waals surface area contributed by atoms with Gasteiger partial charge in [-0.05, 0) is 75.0 Å². The highest BCUT2D eigenvalue weighted by Crippen LogP contribution is 2.37. The zero-order valence-electron chi connectivity index (χ0n) is 23.0. The number of fused-ring (bicyclic) bond motifs is 1. The third-order valence-corrected chi connectivity index (χ3v) is 8.16. The molecule has 4 heterocycles. The molecule has 0 aliphatic carbocycles. The summed E-state index contributed by atoms with van der Waals surface area (Å²) in [6.07, 6.45) is 5.13. The van der Waals surface area contributed by atoms with Crippen molar-refractivity contribution in [1.82, 2.24) is 19.4 Å². The van der Waals surface area contributed by atoms with Crippen molar-refractivity contribution in [2.75, 3.05) is 27.2 Å². The average molecular weight is 500 g/mol. The molecule has 1 aromatic carbocycles. The quantitative estimate of drug-likeness (QED) is 0.498. The summed E-state index contributed by atoms with van der Waals surface area (Å²) >= 11 is 0. The van der Waals surface area contributed by atoms with Crippen molar-refractivity contribution in [3.63, 3.8) is 0 Å². The molecule has 0 spiro atoms. The van der Waals surface area contributed by atoms with Crippen molar-refractivity contribution >= 4 is 35.1 Å². The number of hydrogen-bond donors (Lipinski definition) is 0. The van der Waals surface area contributed by atoms with Gasteiger partial charge in [-0.1, -0.05) is 18.2 Å². The molecule has 2 aliphatic heterocycles. The van der Waals surface area contributed by atoms with Crippen LogP contribution in [0.2, 0.25) is 0 Å². The van der Waals surface area contributed by atoms with Crippen molar-refractivity contribution in [2.24, 2.45) is 7.05 Å². The predicted octanol–water partition coefficient (Wildman–Crippen LogP) is 3.86. The van der Waals surface area contributed by atoms with Gasteiger partial charge in [0.1, 0.15) is 5.65 Å². The molecule has 1 amide bonds. The van der Waals surface area contributed by atoms with Gasteiger partial charge in [-0.15, -0.1) is 0 Å². The molecule has 8 heteroatoms. The highest BCUT2D eigenvalue weighted by Gasteiger charge is 2.52. The van der Waals surface area contributed by atoms with Crippen LogP contribution < -0.4 is 5.46 Å². The highest BCUT2D eigenvalue weighted by atomic mass is 16.7. The first-order chi connectivity index (χ1) is 17.5. The summed E-state index contributed by atoms with van der Waals surface area (Å²) in [6.45, 7) is 11.0. The smallest absolute Gasteiger partial charge is 0.399 e. The van der Waals surface area contributed by atoms with Crippen LogP contribution >= 0.6 is 0 Å². The van der Waals surface area contributed by atoms with Gasteiger partial charge in [0.2, 0.25) is 0 Å². The number of aryl methyl sites for hydroxylation is 1. The molecule has 2 aromatic heterocycles. The van der Waals surface area contributed by atoms with E-state index in [1.165, 1.54) is 16.8 Å². The predicted molar refractivity (Wildman–Crippen MR) is 149 cm³/mol. The maximum Gasteiger partial charge on any atom is 0.495 e. The number of carbonyl (C=O) groups is 1. The fourth-order valence-electron chi connectivity index (χ4n) is 5.05. The molecule has 0 atom stereocenters. The van der Waals surface area contributed by atoms with Gasteiger partial charge in [0.15, 0.2) is 0 Å². The fourth-order valence-corrected chi connectivity index (χ4v) is 5.05. The van der Waals surface area contributed by atoms with E-state index in [0.29, 0.717) is 0 Å². The Labute approximate surface area is 220 Å². The first-order valence-corrected chi connectivity index (χ1v) is 13.0. The van der Waals surface area contributed by atoms with E-state index >= 15 is 0 Å². The molecule has 37 heavy (non-hydrogen) atoms. The van der Waals surface area contributed by atoms with Gasteiger partial charge in [-0.3, -0.25) is 9.69 Å². The van der Waals surface area contributed by atoms with Crippen LogP contribution in [0.3, 0.4) is 0 Å². The Morgan fingerprint density at radius 2 is 1.76 bits per heavy atom. The molecule has 194 valence electrons. The van der Waals surface area contributed by atoms with Crippen LogP contribution in [0, 0.1) is 0 Å². The number of rotatable bonds is 5. The molecular weight excluding hydrogens is 463 g/mol. The Morgan fingerprint density at radius 1 is 1.08 bits per heavy atom. The lowest BCUT2D eigenvalue weighted by Crippen LogP contribution is -2.41. The summed E-state index contributed by atoms with van der Waals surface area (Å²) in [4.78, 5) is 20.9. The van der Waals surface area contributed by atoms with Crippen molar-refractivity contribution in [2.45, 2.75) is 51.9 Å². The van der Waals surface area contributed by atoms with Crippen molar-refractivity contribution in [1.29, 1.82) is 0 Å². The van der Waals surface area contributed by atoms with Gasteiger partial charge >= 0.3 is 7.12 Å². The summed E-state index contributed by atoms with van der Waals surface area (Å²) in [5.41, 5.74) is 5.67. The second kappa shape index (κ2) is 9.42. The lowest BCUT2D eigenvalue weighted by atomic mass is 9.78. The zero-order valence-corrected chi connectivity index (χ0v) is 23.0. The molecule has 0 N–H and O–H groups in total. The van der Waals surface area contributed by atoms with E-state index < -0.39 is 7.12 Å². The number of carbonyl (C=O) groups excluding carboxylic acids is 1. The molecule has 0 bridgehead atoms. The normalized spacial score (nSPS) is 19.3. The number of benzene rings is 1. The third-order valence-electron chi connectivity index (χ3n) is 8.16. The van der Waals surface area contributed by atoms with Crippen LogP contribution in [0.1, 0.15) is 55.7 Å². The van der Waals surface area contributed by atoms with Crippen LogP contribution in [0.5, 0.6) is 0 Å². The monoisotopic (exact) mass is 500 g/mol. The number of hydrogen-bond acceptors (Lipinski definition) is 5. The molecular formula is C29H37BN4O3. The first kappa shape index (κ1) is 25.7. The second-order valence-corrected chi connectivity index (χ2v) is 11.4. The minimum absolute atomic E-state index is 0.0291. The van der Waals surface area contributed by atoms with E-state index in [0.717, 1.165) is 48.1 Å². The number of pyridine rings is 1. The van der Waals surface area contributed by atoms with Crippen LogP contribution in [0.15, 0.2) is 48.7 Å². The van der Waals surface area contributed by atoms with Gasteiger partial charge < -0.3 is 18.8 Å². The van der Waals surface area contributed by atoms with Crippen LogP contribution in [-0.4, -0.2) is 70.8 Å². The number of aromatic nitrogens is 2. The highest BCUT2D eigenvalue weighted by molar-refractivity contribution is 6.65. The lowest BCUT2D eigenvalue weighted by Gasteiger charge is -2.32. The molecule has 5 rings (SSSR count). The van der Waals surface area contributed by atoms with Gasteiger partial charge in [0, 0.05) is 63.6 Å². The largest absolute Gasteiger partial charge is 0.495 e. The van der Waals surface area contributed by atoms with Crippen molar-refractivity contribution in [3.05, 3.63) is 65.5 Å². The van der Waals surface area contributed by atoms with E-state index in [1.54, 1.807) is 19.0 Å². The number of amides is 1. The van der Waals surface area contributed by atoms with Gasteiger partial charge in [0.05, 0.1) is 11.2 Å². The van der Waals surface area contributed by atoms with E-state index in [-0.39, 0.29) is 17.1 Å². The Kier molecular flexibility index (Phi) is 6.55. The molecule has 3 aromatic rings. The van der Waals surface area contributed by atoms with Crippen molar-refractivity contribution < 1.29 is 14.1 Å². The maximum atomic E-state index is 12.2. The third kappa shape index (κ3) is 4.74. The summed E-state index contributed by atoms with van der Waals surface area (Å²) in [5, 5.41) is 1.08. The van der Waals surface area contributed by atoms with Crippen molar-refractivity contribution in [3.8, 4) is 0 Å². The summed E-state index contributed by atoms with van der Waals surface area (Å²) in [7, 11) is 5.23. The fraction of sp³-hybridized carbons (Fsp3) is 0.448. The second-order valence-electron chi connectivity index (χ2n) is 11.4. The van der Waals surface area contributed by atoms with E-state index in [9.17, 15) is 4.79 Å². The van der Waals surface area contributed by atoms with Crippen LogP contribution in [-0.2, 0) is 22.9 Å². The Hall–Kier alpha value is -2.94. The maximum absolute atomic E-state index is 12.2. The van der Waals surface area contributed by atoms with E-state index in [2.05, 4.69) is 73.5 Å². The summed E-state index contributed by atoms with van der Waals surface area (Å²) in [6, 6.07) is 12.2. The molecule has 1 saturated heterocycles. The van der Waals surface area contributed by atoms with Gasteiger partial charge in [0.25, 0.3) is 5.91 Å². The van der Waals surface area contributed by atoms with Crippen LogP contribution in [0.4, 0.5) is 0 Å². The van der Waals surface area contributed by atoms with Crippen LogP contribution in [0.25, 0.3) is 16.6 Å². The topological polar surface area (TPSA) is 59.8 Å². The summed E-state index contributed by atoms with van der Waals surface area (Å²) < 4.78 is 14.9. The van der Waals surface area contributed by atoms with Gasteiger partial charge in [-0.25, -0.2) is 4.98 Å². The Bertz CT molecular complexity index is 1340. The van der Waals surface area contributed by atoms with E-state index in [1.807, 2.05) is 24.4 Å². The minimum Gasteiger partial charge on any atom is -0.399 e. The molecule has 0 radical (unpaired) electrons. The Balaban J connectivity index is 1.31. The molecule has 0 unspecified atom stereocenters. The molecule has 2 aliphatic rings. The number of nitrogens with zero attached hydrogens (tertiary/aromatic N) is 4. The first-order valence-electron chi connectivity index (χ1n) is 13.0. The zero-order chi connectivity index (χ0) is 26.5. The average Bonchev–Trinajstić information content (AvgIpc) is 3.29. The standard InChI is InChI=1S/C29H37BN4O3/c1-28(2)29(3,4)37-30(36-28)25-12-15-31-26-24(25)18-23(33(26)7)19-34-16-13-21(14-17-34)20-8-10-22(11-9-20)27(35)32(5)6/h8-13,15,18H,14,16-17,19H2,1-7H3. The molecule has 0 saturated carbocycles. The SMILES string of the molecule is CN(C)C(=O)c1ccc(C2=CCN(Cc3cc4c(B5OC(C)(C)C(C)(C)O5)ccnc4n3C)CC2)cc1. The molecule has 1 fully saturated rings. The Morgan fingerprint density at radius 3 is 2.35 bits per heavy atom. The molecule has 7 nitrogen and oxygen atoms in total. The minimum atomic E-state index is -0.411. The van der Waals surface area contributed by atoms with Gasteiger partial charge in [-0.2, -0.15) is 0 Å².